The summed E-state index contributed by atoms with van der Waals surface area (Å²) in [5, 5.41) is 12.2. The van der Waals surface area contributed by atoms with Gasteiger partial charge in [-0.3, -0.25) is 4.79 Å². The average molecular weight is 291 g/mol. The molecule has 0 unspecified atom stereocenters. The first-order valence-corrected chi connectivity index (χ1v) is 6.53. The molecule has 0 aliphatic carbocycles. The zero-order chi connectivity index (χ0) is 14.4. The molecule has 1 amide bonds. The Labute approximate surface area is 119 Å². The topological polar surface area (TPSA) is 102 Å². The molecule has 0 spiro atoms. The Balaban J connectivity index is 1.91. The number of ether oxygens (including phenoxy) is 1. The Morgan fingerprint density at radius 3 is 3.00 bits per heavy atom. The zero-order valence-corrected chi connectivity index (χ0v) is 11.6. The molecule has 0 atom stereocenters. The van der Waals surface area contributed by atoms with Gasteiger partial charge in [0.25, 0.3) is 0 Å². The molecule has 0 bridgehead atoms. The molecule has 104 valence electrons. The molecular formula is C12H13N5O2S. The average Bonchev–Trinajstić information content (AvgIpc) is 2.84. The van der Waals surface area contributed by atoms with Crippen molar-refractivity contribution in [1.82, 2.24) is 15.6 Å². The number of rotatable bonds is 5. The molecule has 1 aromatic carbocycles. The second-order valence-corrected chi connectivity index (χ2v) is 4.84. The van der Waals surface area contributed by atoms with Crippen molar-refractivity contribution in [2.75, 3.05) is 12.8 Å². The van der Waals surface area contributed by atoms with Crippen LogP contribution >= 0.6 is 11.3 Å². The van der Waals surface area contributed by atoms with Crippen LogP contribution in [0.4, 0.5) is 5.13 Å². The number of nitrogens with two attached hydrogens (primary N) is 1. The zero-order valence-electron chi connectivity index (χ0n) is 10.7. The van der Waals surface area contributed by atoms with Gasteiger partial charge in [-0.2, -0.15) is 5.10 Å². The number of carbonyl (C=O) groups excluding carboxylic acids is 1. The van der Waals surface area contributed by atoms with Crippen molar-refractivity contribution < 1.29 is 9.53 Å². The van der Waals surface area contributed by atoms with Gasteiger partial charge in [-0.1, -0.05) is 23.5 Å². The molecule has 7 nitrogen and oxygen atoms in total. The molecule has 0 aliphatic heterocycles. The highest BCUT2D eigenvalue weighted by Gasteiger charge is 2.07. The van der Waals surface area contributed by atoms with Crippen LogP contribution in [-0.4, -0.2) is 29.4 Å². The third kappa shape index (κ3) is 3.75. The Hall–Kier alpha value is -2.48. The monoisotopic (exact) mass is 291 g/mol. The van der Waals surface area contributed by atoms with Gasteiger partial charge in [0.2, 0.25) is 11.0 Å². The van der Waals surface area contributed by atoms with Crippen molar-refractivity contribution in [3.05, 3.63) is 34.8 Å². The smallest absolute Gasteiger partial charge is 0.247 e. The van der Waals surface area contributed by atoms with Gasteiger partial charge in [-0.25, -0.2) is 5.43 Å². The highest BCUT2D eigenvalue weighted by atomic mass is 32.1. The van der Waals surface area contributed by atoms with Crippen molar-refractivity contribution in [2.45, 2.75) is 6.42 Å². The van der Waals surface area contributed by atoms with E-state index in [2.05, 4.69) is 20.7 Å². The minimum Gasteiger partial charge on any atom is -0.496 e. The summed E-state index contributed by atoms with van der Waals surface area (Å²) >= 11 is 1.17. The number of nitrogens with one attached hydrogen (secondary N) is 1. The molecule has 20 heavy (non-hydrogen) atoms. The third-order valence-corrected chi connectivity index (χ3v) is 3.08. The summed E-state index contributed by atoms with van der Waals surface area (Å²) in [6, 6.07) is 7.36. The first-order chi connectivity index (χ1) is 9.69. The summed E-state index contributed by atoms with van der Waals surface area (Å²) in [4.78, 5) is 11.6. The summed E-state index contributed by atoms with van der Waals surface area (Å²) in [5.41, 5.74) is 8.62. The lowest BCUT2D eigenvalue weighted by Crippen LogP contribution is -2.19. The fourth-order valence-electron chi connectivity index (χ4n) is 1.46. The fourth-order valence-corrected chi connectivity index (χ4v) is 2.07. The third-order valence-electron chi connectivity index (χ3n) is 2.33. The van der Waals surface area contributed by atoms with Gasteiger partial charge in [0.1, 0.15) is 10.8 Å². The van der Waals surface area contributed by atoms with E-state index >= 15 is 0 Å². The van der Waals surface area contributed by atoms with Gasteiger partial charge in [-0.05, 0) is 12.1 Å². The van der Waals surface area contributed by atoms with E-state index in [-0.39, 0.29) is 12.3 Å². The van der Waals surface area contributed by atoms with E-state index in [0.717, 1.165) is 5.56 Å². The van der Waals surface area contributed by atoms with Crippen LogP contribution < -0.4 is 15.9 Å². The minimum absolute atomic E-state index is 0.0954. The van der Waals surface area contributed by atoms with E-state index in [1.54, 1.807) is 7.11 Å². The van der Waals surface area contributed by atoms with Crippen LogP contribution in [0.15, 0.2) is 29.4 Å². The molecule has 0 radical (unpaired) electrons. The van der Waals surface area contributed by atoms with Crippen molar-refractivity contribution in [3.8, 4) is 5.75 Å². The number of benzene rings is 1. The Kier molecular flexibility index (Phi) is 4.61. The molecule has 0 saturated carbocycles. The Morgan fingerprint density at radius 2 is 2.30 bits per heavy atom. The number of hydrogen-bond donors (Lipinski definition) is 2. The number of carbonyl (C=O) groups is 1. The molecule has 0 saturated heterocycles. The number of nitrogen functional groups attached to an aromatic ring is 1. The predicted octanol–water partition coefficient (Wildman–Crippen LogP) is 0.822. The lowest BCUT2D eigenvalue weighted by Gasteiger charge is -2.02. The summed E-state index contributed by atoms with van der Waals surface area (Å²) in [6.07, 6.45) is 1.61. The quantitative estimate of drug-likeness (QED) is 0.627. The van der Waals surface area contributed by atoms with Crippen molar-refractivity contribution >= 4 is 28.6 Å². The minimum atomic E-state index is -0.285. The lowest BCUT2D eigenvalue weighted by molar-refractivity contribution is -0.120. The summed E-state index contributed by atoms with van der Waals surface area (Å²) in [6.45, 7) is 0. The number of amides is 1. The van der Waals surface area contributed by atoms with Crippen molar-refractivity contribution in [3.63, 3.8) is 0 Å². The molecule has 1 heterocycles. The van der Waals surface area contributed by atoms with Crippen LogP contribution in [0.3, 0.4) is 0 Å². The van der Waals surface area contributed by atoms with Gasteiger partial charge < -0.3 is 10.5 Å². The van der Waals surface area contributed by atoms with Crippen molar-refractivity contribution in [1.29, 1.82) is 0 Å². The number of anilines is 1. The molecule has 2 aromatic rings. The maximum Gasteiger partial charge on any atom is 0.247 e. The van der Waals surface area contributed by atoms with Crippen molar-refractivity contribution in [2.24, 2.45) is 5.10 Å². The fraction of sp³-hybridized carbons (Fsp3) is 0.167. The summed E-state index contributed by atoms with van der Waals surface area (Å²) in [5.74, 6) is 0.398. The van der Waals surface area contributed by atoms with E-state index in [0.29, 0.717) is 15.9 Å². The first kappa shape index (κ1) is 13.9. The molecule has 8 heteroatoms. The number of para-hydroxylation sites is 1. The molecular weight excluding hydrogens is 278 g/mol. The number of nitrogens with zero attached hydrogens (tertiary/aromatic N) is 3. The molecule has 3 N–H and O–H groups in total. The largest absolute Gasteiger partial charge is 0.496 e. The molecule has 1 aromatic heterocycles. The summed E-state index contributed by atoms with van der Waals surface area (Å²) in [7, 11) is 1.57. The van der Waals surface area contributed by atoms with E-state index in [1.165, 1.54) is 17.6 Å². The molecule has 0 aliphatic rings. The Bertz CT molecular complexity index is 626. The van der Waals surface area contributed by atoms with Crippen LogP contribution in [0.1, 0.15) is 10.6 Å². The normalized spacial score (nSPS) is 10.7. The number of hydrazone groups is 1. The van der Waals surface area contributed by atoms with E-state index < -0.39 is 0 Å². The SMILES string of the molecule is COc1ccccc1/C=N\NC(=O)Cc1nnc(N)s1. The van der Waals surface area contributed by atoms with Crippen LogP contribution in [0.2, 0.25) is 0 Å². The molecule has 2 rings (SSSR count). The van der Waals surface area contributed by atoms with Gasteiger partial charge >= 0.3 is 0 Å². The lowest BCUT2D eigenvalue weighted by atomic mass is 10.2. The van der Waals surface area contributed by atoms with Crippen LogP contribution in [0.5, 0.6) is 5.75 Å². The van der Waals surface area contributed by atoms with Crippen LogP contribution in [-0.2, 0) is 11.2 Å². The summed E-state index contributed by atoms with van der Waals surface area (Å²) < 4.78 is 5.17. The maximum absolute atomic E-state index is 11.6. The molecule has 0 fully saturated rings. The van der Waals surface area contributed by atoms with Crippen LogP contribution in [0.25, 0.3) is 0 Å². The first-order valence-electron chi connectivity index (χ1n) is 5.72. The Morgan fingerprint density at radius 1 is 1.50 bits per heavy atom. The number of hydrogen-bond acceptors (Lipinski definition) is 7. The van der Waals surface area contributed by atoms with Gasteiger partial charge in [0, 0.05) is 5.56 Å². The highest BCUT2D eigenvalue weighted by Crippen LogP contribution is 2.14. The standard InChI is InChI=1S/C12H13N5O2S/c1-19-9-5-3-2-4-8(9)7-14-15-10(18)6-11-16-17-12(13)20-11/h2-5,7H,6H2,1H3,(H2,13,17)(H,15,18)/b14-7-. The van der Waals surface area contributed by atoms with Gasteiger partial charge in [0.05, 0.1) is 19.7 Å². The number of aromatic nitrogens is 2. The van der Waals surface area contributed by atoms with E-state index in [1.807, 2.05) is 24.3 Å². The van der Waals surface area contributed by atoms with E-state index in [4.69, 9.17) is 10.5 Å². The van der Waals surface area contributed by atoms with Gasteiger partial charge in [-0.15, -0.1) is 10.2 Å². The predicted molar refractivity (Wildman–Crippen MR) is 76.8 cm³/mol. The number of methoxy groups -OCH3 is 1. The second kappa shape index (κ2) is 6.62. The van der Waals surface area contributed by atoms with Gasteiger partial charge in [0.15, 0.2) is 0 Å². The highest BCUT2D eigenvalue weighted by molar-refractivity contribution is 7.15. The second-order valence-electron chi connectivity index (χ2n) is 3.75. The van der Waals surface area contributed by atoms with E-state index in [9.17, 15) is 4.79 Å². The van der Waals surface area contributed by atoms with Crippen LogP contribution in [0, 0.1) is 0 Å². The maximum atomic E-state index is 11.6.